The highest BCUT2D eigenvalue weighted by atomic mass is 16.1. The van der Waals surface area contributed by atoms with E-state index in [2.05, 4.69) is 16.3 Å². The highest BCUT2D eigenvalue weighted by Crippen LogP contribution is 2.32. The van der Waals surface area contributed by atoms with Gasteiger partial charge < -0.3 is 10.2 Å². The van der Waals surface area contributed by atoms with Crippen LogP contribution in [0, 0.1) is 18.3 Å². The van der Waals surface area contributed by atoms with Gasteiger partial charge in [0.25, 0.3) is 5.91 Å². The number of carbonyl (C=O) groups excluding carboxylic acids is 1. The van der Waals surface area contributed by atoms with Gasteiger partial charge in [-0.1, -0.05) is 18.2 Å². The number of aromatic nitrogens is 2. The molecular weight excluding hydrogens is 338 g/mol. The number of anilines is 1. The van der Waals surface area contributed by atoms with Crippen molar-refractivity contribution in [2.45, 2.75) is 38.6 Å². The maximum Gasteiger partial charge on any atom is 0.262 e. The fraction of sp³-hybridized carbons (Fsp3) is 0.381. The smallest absolute Gasteiger partial charge is 0.262 e. The summed E-state index contributed by atoms with van der Waals surface area (Å²) in [6.07, 6.45) is 5.96. The minimum atomic E-state index is -0.292. The third-order valence-corrected chi connectivity index (χ3v) is 5.05. The molecule has 1 saturated carbocycles. The fourth-order valence-electron chi connectivity index (χ4n) is 3.46. The van der Waals surface area contributed by atoms with Gasteiger partial charge in [0.2, 0.25) is 0 Å². The van der Waals surface area contributed by atoms with Crippen LogP contribution < -0.4 is 10.2 Å². The third kappa shape index (κ3) is 3.59. The van der Waals surface area contributed by atoms with E-state index in [-0.39, 0.29) is 17.5 Å². The molecule has 2 heterocycles. The Balaban J connectivity index is 1.79. The van der Waals surface area contributed by atoms with Gasteiger partial charge in [0.1, 0.15) is 17.5 Å². The number of nitrogens with zero attached hydrogens (tertiary/aromatic N) is 4. The Morgan fingerprint density at radius 2 is 1.96 bits per heavy atom. The van der Waals surface area contributed by atoms with Crippen molar-refractivity contribution in [3.63, 3.8) is 0 Å². The first-order valence-corrected chi connectivity index (χ1v) is 9.50. The van der Waals surface area contributed by atoms with Crippen molar-refractivity contribution in [1.29, 1.82) is 5.26 Å². The van der Waals surface area contributed by atoms with Crippen LogP contribution in [0.2, 0.25) is 0 Å². The van der Waals surface area contributed by atoms with Gasteiger partial charge in [-0.05, 0) is 50.8 Å². The molecule has 0 atom stereocenters. The molecule has 1 amide bonds. The van der Waals surface area contributed by atoms with Gasteiger partial charge in [0.15, 0.2) is 0 Å². The van der Waals surface area contributed by atoms with Crippen molar-refractivity contribution < 1.29 is 4.79 Å². The Bertz CT molecular complexity index is 912. The molecule has 2 aliphatic rings. The highest BCUT2D eigenvalue weighted by molar-refractivity contribution is 6.02. The molecule has 138 valence electrons. The van der Waals surface area contributed by atoms with Crippen molar-refractivity contribution in [2.75, 3.05) is 18.0 Å². The summed E-state index contributed by atoms with van der Waals surface area (Å²) < 4.78 is 1.93. The Labute approximate surface area is 159 Å². The maximum atomic E-state index is 12.4. The van der Waals surface area contributed by atoms with E-state index >= 15 is 0 Å². The summed E-state index contributed by atoms with van der Waals surface area (Å²) in [5.74, 6) is 0.669. The van der Waals surface area contributed by atoms with Crippen LogP contribution >= 0.6 is 0 Å². The number of amides is 1. The molecule has 1 aromatic heterocycles. The molecule has 1 aliphatic heterocycles. The second kappa shape index (κ2) is 7.28. The fourth-order valence-corrected chi connectivity index (χ4v) is 3.46. The number of para-hydroxylation sites is 1. The summed E-state index contributed by atoms with van der Waals surface area (Å²) in [5, 5.41) is 17.2. The Morgan fingerprint density at radius 3 is 2.59 bits per heavy atom. The van der Waals surface area contributed by atoms with Crippen molar-refractivity contribution in [1.82, 2.24) is 15.1 Å². The summed E-state index contributed by atoms with van der Waals surface area (Å²) in [6.45, 7) is 3.84. The predicted molar refractivity (Wildman–Crippen MR) is 105 cm³/mol. The molecule has 0 radical (unpaired) electrons. The average Bonchev–Trinajstić information content (AvgIpc) is 3.21. The number of aryl methyl sites for hydroxylation is 1. The van der Waals surface area contributed by atoms with Crippen LogP contribution in [0.1, 0.15) is 36.9 Å². The molecular formula is C21H23N5O. The van der Waals surface area contributed by atoms with Crippen molar-refractivity contribution in [2.24, 2.45) is 0 Å². The number of rotatable bonds is 5. The van der Waals surface area contributed by atoms with E-state index in [1.807, 2.05) is 41.9 Å². The van der Waals surface area contributed by atoms with E-state index in [0.29, 0.717) is 0 Å². The van der Waals surface area contributed by atoms with Gasteiger partial charge >= 0.3 is 0 Å². The summed E-state index contributed by atoms with van der Waals surface area (Å²) in [7, 11) is 0. The van der Waals surface area contributed by atoms with Crippen LogP contribution in [-0.4, -0.2) is 34.8 Å². The third-order valence-electron chi connectivity index (χ3n) is 5.05. The molecule has 6 nitrogen and oxygen atoms in total. The first-order chi connectivity index (χ1) is 13.2. The Hall–Kier alpha value is -3.07. The zero-order chi connectivity index (χ0) is 18.8. The van der Waals surface area contributed by atoms with Gasteiger partial charge in [-0.2, -0.15) is 10.4 Å². The van der Waals surface area contributed by atoms with E-state index in [1.54, 1.807) is 6.08 Å². The lowest BCUT2D eigenvalue weighted by molar-refractivity contribution is -0.117. The SMILES string of the molecule is Cc1nn(-c2ccccc2)c(N2CCCC2)c1C=C(C#N)C(=O)NC1CC1. The van der Waals surface area contributed by atoms with Gasteiger partial charge in [0, 0.05) is 24.7 Å². The lowest BCUT2D eigenvalue weighted by Crippen LogP contribution is -2.26. The van der Waals surface area contributed by atoms with Crippen LogP contribution in [0.3, 0.4) is 0 Å². The monoisotopic (exact) mass is 361 g/mol. The first-order valence-electron chi connectivity index (χ1n) is 9.50. The quantitative estimate of drug-likeness (QED) is 0.656. The van der Waals surface area contributed by atoms with Crippen molar-refractivity contribution in [3.8, 4) is 11.8 Å². The first kappa shape index (κ1) is 17.3. The van der Waals surface area contributed by atoms with E-state index in [4.69, 9.17) is 5.10 Å². The number of hydrogen-bond acceptors (Lipinski definition) is 4. The van der Waals surface area contributed by atoms with Crippen LogP contribution in [-0.2, 0) is 4.79 Å². The molecule has 0 spiro atoms. The van der Waals surface area contributed by atoms with E-state index in [9.17, 15) is 10.1 Å². The normalized spacial score (nSPS) is 17.0. The molecule has 1 aliphatic carbocycles. The summed E-state index contributed by atoms with van der Waals surface area (Å²) in [4.78, 5) is 14.7. The van der Waals surface area contributed by atoms with Crippen molar-refractivity contribution >= 4 is 17.8 Å². The minimum absolute atomic E-state index is 0.137. The average molecular weight is 361 g/mol. The maximum absolute atomic E-state index is 12.4. The predicted octanol–water partition coefficient (Wildman–Crippen LogP) is 2.97. The van der Waals surface area contributed by atoms with Crippen LogP contribution in [0.15, 0.2) is 35.9 Å². The summed E-state index contributed by atoms with van der Waals surface area (Å²) >= 11 is 0. The number of nitriles is 1. The number of carbonyl (C=O) groups is 1. The zero-order valence-corrected chi connectivity index (χ0v) is 15.5. The molecule has 4 rings (SSSR count). The number of hydrogen-bond donors (Lipinski definition) is 1. The summed E-state index contributed by atoms with van der Waals surface area (Å²) in [5.41, 5.74) is 2.78. The Kier molecular flexibility index (Phi) is 4.68. The largest absolute Gasteiger partial charge is 0.356 e. The molecule has 1 N–H and O–H groups in total. The standard InChI is InChI=1S/C21H23N5O/c1-15-19(13-16(14-22)20(27)23-17-9-10-17)21(25-11-5-6-12-25)26(24-15)18-7-3-2-4-8-18/h2-4,7-8,13,17H,5-6,9-12H2,1H3,(H,23,27). The van der Waals surface area contributed by atoms with E-state index in [1.165, 1.54) is 0 Å². The topological polar surface area (TPSA) is 74.0 Å². The lowest BCUT2D eigenvalue weighted by atomic mass is 10.1. The van der Waals surface area contributed by atoms with Gasteiger partial charge in [-0.15, -0.1) is 0 Å². The van der Waals surface area contributed by atoms with Crippen LogP contribution in [0.5, 0.6) is 0 Å². The van der Waals surface area contributed by atoms with E-state index < -0.39 is 0 Å². The van der Waals surface area contributed by atoms with Gasteiger partial charge in [0.05, 0.1) is 11.4 Å². The van der Waals surface area contributed by atoms with Crippen molar-refractivity contribution in [3.05, 3.63) is 47.2 Å². The minimum Gasteiger partial charge on any atom is -0.356 e. The zero-order valence-electron chi connectivity index (χ0n) is 15.5. The van der Waals surface area contributed by atoms with Gasteiger partial charge in [-0.3, -0.25) is 4.79 Å². The molecule has 27 heavy (non-hydrogen) atoms. The molecule has 0 unspecified atom stereocenters. The van der Waals surface area contributed by atoms with E-state index in [0.717, 1.165) is 61.5 Å². The molecule has 6 heteroatoms. The summed E-state index contributed by atoms with van der Waals surface area (Å²) in [6, 6.07) is 12.3. The molecule has 2 fully saturated rings. The lowest BCUT2D eigenvalue weighted by Gasteiger charge is -2.20. The van der Waals surface area contributed by atoms with Crippen LogP contribution in [0.4, 0.5) is 5.82 Å². The second-order valence-corrected chi connectivity index (χ2v) is 7.18. The van der Waals surface area contributed by atoms with Crippen LogP contribution in [0.25, 0.3) is 11.8 Å². The van der Waals surface area contributed by atoms with Gasteiger partial charge in [-0.25, -0.2) is 4.68 Å². The molecule has 2 aromatic rings. The molecule has 0 bridgehead atoms. The second-order valence-electron chi connectivity index (χ2n) is 7.18. The number of benzene rings is 1. The molecule has 1 aromatic carbocycles. The highest BCUT2D eigenvalue weighted by Gasteiger charge is 2.27. The molecule has 1 saturated heterocycles. The number of nitrogens with one attached hydrogen (secondary N) is 1. The Morgan fingerprint density at radius 1 is 1.26 bits per heavy atom.